The fourth-order valence-corrected chi connectivity index (χ4v) is 2.44. The largest absolute Gasteiger partial charge is 0.352 e. The summed E-state index contributed by atoms with van der Waals surface area (Å²) in [6.07, 6.45) is 2.07. The van der Waals surface area contributed by atoms with Crippen molar-refractivity contribution in [2.75, 3.05) is 25.1 Å². The summed E-state index contributed by atoms with van der Waals surface area (Å²) >= 11 is 1.79. The second-order valence-corrected chi connectivity index (χ2v) is 5.72. The van der Waals surface area contributed by atoms with Crippen LogP contribution in [0.5, 0.6) is 0 Å². The first-order chi connectivity index (χ1) is 9.58. The summed E-state index contributed by atoms with van der Waals surface area (Å²) in [6, 6.07) is 5.57. The molecule has 1 atom stereocenters. The van der Waals surface area contributed by atoms with Crippen LogP contribution in [0.1, 0.15) is 28.4 Å². The minimum absolute atomic E-state index is 0.0475. The van der Waals surface area contributed by atoms with E-state index in [1.165, 1.54) is 0 Å². The van der Waals surface area contributed by atoms with E-state index in [-0.39, 0.29) is 5.91 Å². The van der Waals surface area contributed by atoms with Gasteiger partial charge in [0.25, 0.3) is 5.91 Å². The van der Waals surface area contributed by atoms with Crippen molar-refractivity contribution in [3.05, 3.63) is 34.9 Å². The topological polar surface area (TPSA) is 55.1 Å². The van der Waals surface area contributed by atoms with Crippen molar-refractivity contribution in [1.29, 1.82) is 0 Å². The fraction of sp³-hybridized carbons (Fsp3) is 0.438. The monoisotopic (exact) mass is 290 g/mol. The number of rotatable bonds is 5. The second kappa shape index (κ2) is 8.68. The second-order valence-electron chi connectivity index (χ2n) is 4.81. The maximum absolute atomic E-state index is 12.1. The molecule has 0 bridgehead atoms. The third-order valence-electron chi connectivity index (χ3n) is 2.89. The Morgan fingerprint density at radius 1 is 1.50 bits per heavy atom. The quantitative estimate of drug-likeness (QED) is 0.816. The zero-order chi connectivity index (χ0) is 15.0. The normalized spacial score (nSPS) is 11.4. The van der Waals surface area contributed by atoms with Gasteiger partial charge in [-0.05, 0) is 42.5 Å². The number of aryl methyl sites for hydroxylation is 1. The van der Waals surface area contributed by atoms with E-state index < -0.39 is 0 Å². The van der Waals surface area contributed by atoms with Crippen LogP contribution in [0.2, 0.25) is 0 Å². The lowest BCUT2D eigenvalue weighted by Gasteiger charge is -2.11. The molecule has 0 heterocycles. The average Bonchev–Trinajstić information content (AvgIpc) is 2.44. The van der Waals surface area contributed by atoms with Crippen LogP contribution in [0.3, 0.4) is 0 Å². The molecule has 1 rings (SSSR count). The standard InChI is InChI=1S/C16H22N2OS/c1-12(11-20-3)10-18-16(19)15-7-6-13(2)14(9-15)5-4-8-17/h6-7,9,12H,8,10-11,17H2,1-3H3,(H,18,19). The molecule has 1 aromatic carbocycles. The predicted molar refractivity (Wildman–Crippen MR) is 87.0 cm³/mol. The van der Waals surface area contributed by atoms with E-state index in [4.69, 9.17) is 5.73 Å². The third kappa shape index (κ3) is 5.28. The van der Waals surface area contributed by atoms with Gasteiger partial charge >= 0.3 is 0 Å². The molecular weight excluding hydrogens is 268 g/mol. The highest BCUT2D eigenvalue weighted by Crippen LogP contribution is 2.10. The highest BCUT2D eigenvalue weighted by molar-refractivity contribution is 7.98. The van der Waals surface area contributed by atoms with E-state index in [0.29, 0.717) is 24.6 Å². The summed E-state index contributed by atoms with van der Waals surface area (Å²) < 4.78 is 0. The number of benzene rings is 1. The number of thioether (sulfide) groups is 1. The van der Waals surface area contributed by atoms with Gasteiger partial charge in [0.2, 0.25) is 0 Å². The fourth-order valence-electron chi connectivity index (χ4n) is 1.76. The first-order valence-corrected chi connectivity index (χ1v) is 8.04. The summed E-state index contributed by atoms with van der Waals surface area (Å²) in [4.78, 5) is 12.1. The van der Waals surface area contributed by atoms with Crippen molar-refractivity contribution < 1.29 is 4.79 Å². The Labute approximate surface area is 125 Å². The maximum Gasteiger partial charge on any atom is 0.251 e. The molecule has 0 aromatic heterocycles. The summed E-state index contributed by atoms with van der Waals surface area (Å²) in [7, 11) is 0. The predicted octanol–water partition coefficient (Wildman–Crippen LogP) is 2.03. The number of hydrogen-bond donors (Lipinski definition) is 2. The molecule has 3 N–H and O–H groups in total. The van der Waals surface area contributed by atoms with E-state index >= 15 is 0 Å². The van der Waals surface area contributed by atoms with Crippen LogP contribution in [0.15, 0.2) is 18.2 Å². The molecular formula is C16H22N2OS. The minimum Gasteiger partial charge on any atom is -0.352 e. The van der Waals surface area contributed by atoms with Crippen molar-refractivity contribution in [3.8, 4) is 11.8 Å². The lowest BCUT2D eigenvalue weighted by Crippen LogP contribution is -2.29. The summed E-state index contributed by atoms with van der Waals surface area (Å²) in [5.41, 5.74) is 7.94. The van der Waals surface area contributed by atoms with Crippen LogP contribution < -0.4 is 11.1 Å². The van der Waals surface area contributed by atoms with E-state index in [0.717, 1.165) is 16.9 Å². The SMILES string of the molecule is CSCC(C)CNC(=O)c1ccc(C)c(C#CCN)c1. The number of carbonyl (C=O) groups excluding carboxylic acids is 1. The molecule has 4 heteroatoms. The molecule has 1 aromatic rings. The lowest BCUT2D eigenvalue weighted by molar-refractivity contribution is 0.0949. The molecule has 0 aliphatic heterocycles. The number of nitrogens with two attached hydrogens (primary N) is 1. The molecule has 0 spiro atoms. The Hall–Kier alpha value is -1.44. The maximum atomic E-state index is 12.1. The van der Waals surface area contributed by atoms with E-state index in [1.54, 1.807) is 11.8 Å². The molecule has 0 saturated carbocycles. The van der Waals surface area contributed by atoms with Gasteiger partial charge in [0.1, 0.15) is 0 Å². The van der Waals surface area contributed by atoms with E-state index in [1.807, 2.05) is 25.1 Å². The van der Waals surface area contributed by atoms with Gasteiger partial charge < -0.3 is 11.1 Å². The number of nitrogens with one attached hydrogen (secondary N) is 1. The van der Waals surface area contributed by atoms with Gasteiger partial charge in [0.05, 0.1) is 6.54 Å². The third-order valence-corrected chi connectivity index (χ3v) is 3.79. The Balaban J connectivity index is 2.73. The number of hydrogen-bond acceptors (Lipinski definition) is 3. The Kier molecular flexibility index (Phi) is 7.21. The van der Waals surface area contributed by atoms with Gasteiger partial charge in [-0.2, -0.15) is 11.8 Å². The molecule has 20 heavy (non-hydrogen) atoms. The molecule has 0 aliphatic rings. The summed E-state index contributed by atoms with van der Waals surface area (Å²) in [5, 5.41) is 2.96. The van der Waals surface area contributed by atoms with Gasteiger partial charge in [0.15, 0.2) is 0 Å². The van der Waals surface area contributed by atoms with Crippen LogP contribution in [-0.2, 0) is 0 Å². The number of amides is 1. The van der Waals surface area contributed by atoms with Gasteiger partial charge in [-0.3, -0.25) is 4.79 Å². The Bertz CT molecular complexity index is 517. The smallest absolute Gasteiger partial charge is 0.251 e. The first-order valence-electron chi connectivity index (χ1n) is 6.65. The van der Waals surface area contributed by atoms with Gasteiger partial charge in [-0.1, -0.05) is 24.8 Å². The number of carbonyl (C=O) groups is 1. The van der Waals surface area contributed by atoms with E-state index in [9.17, 15) is 4.79 Å². The first kappa shape index (κ1) is 16.6. The highest BCUT2D eigenvalue weighted by Gasteiger charge is 2.09. The van der Waals surface area contributed by atoms with Crippen molar-refractivity contribution in [1.82, 2.24) is 5.32 Å². The van der Waals surface area contributed by atoms with Crippen LogP contribution in [0.25, 0.3) is 0 Å². The van der Waals surface area contributed by atoms with Crippen LogP contribution >= 0.6 is 11.8 Å². The van der Waals surface area contributed by atoms with Gasteiger partial charge in [-0.15, -0.1) is 0 Å². The van der Waals surface area contributed by atoms with Crippen molar-refractivity contribution >= 4 is 17.7 Å². The van der Waals surface area contributed by atoms with Gasteiger partial charge in [0, 0.05) is 17.7 Å². The van der Waals surface area contributed by atoms with E-state index in [2.05, 4.69) is 30.3 Å². The molecule has 0 fully saturated rings. The Morgan fingerprint density at radius 2 is 2.25 bits per heavy atom. The van der Waals surface area contributed by atoms with Crippen molar-refractivity contribution in [3.63, 3.8) is 0 Å². The summed E-state index contributed by atoms with van der Waals surface area (Å²) in [6.45, 7) is 5.12. The van der Waals surface area contributed by atoms with Crippen LogP contribution in [0.4, 0.5) is 0 Å². The zero-order valence-electron chi connectivity index (χ0n) is 12.3. The van der Waals surface area contributed by atoms with Crippen LogP contribution in [0, 0.1) is 24.7 Å². The molecule has 108 valence electrons. The molecule has 0 radical (unpaired) electrons. The molecule has 3 nitrogen and oxygen atoms in total. The molecule has 1 unspecified atom stereocenters. The highest BCUT2D eigenvalue weighted by atomic mass is 32.2. The summed E-state index contributed by atoms with van der Waals surface area (Å²) in [5.74, 6) is 7.28. The van der Waals surface area contributed by atoms with Crippen LogP contribution in [-0.4, -0.2) is 31.0 Å². The lowest BCUT2D eigenvalue weighted by atomic mass is 10.0. The Morgan fingerprint density at radius 3 is 2.90 bits per heavy atom. The van der Waals surface area contributed by atoms with Gasteiger partial charge in [-0.25, -0.2) is 0 Å². The molecule has 1 amide bonds. The zero-order valence-corrected chi connectivity index (χ0v) is 13.1. The molecule has 0 saturated heterocycles. The van der Waals surface area contributed by atoms with Crippen molar-refractivity contribution in [2.45, 2.75) is 13.8 Å². The minimum atomic E-state index is -0.0475. The average molecular weight is 290 g/mol. The molecule has 0 aliphatic carbocycles. The van der Waals surface area contributed by atoms with Crippen molar-refractivity contribution in [2.24, 2.45) is 11.7 Å².